The van der Waals surface area contributed by atoms with Crippen LogP contribution in [0.5, 0.6) is 0 Å². The van der Waals surface area contributed by atoms with E-state index in [0.29, 0.717) is 0 Å². The second-order valence-corrected chi connectivity index (χ2v) is 3.85. The molecule has 0 aliphatic heterocycles. The fourth-order valence-electron chi connectivity index (χ4n) is 1.27. The summed E-state index contributed by atoms with van der Waals surface area (Å²) in [6.07, 6.45) is 4.39. The molecule has 0 aromatic heterocycles. The van der Waals surface area contributed by atoms with E-state index < -0.39 is 0 Å². The normalized spacial score (nSPS) is 19.5. The minimum Gasteiger partial charge on any atom is -0.316 e. The molecule has 0 bridgehead atoms. The molecule has 1 aliphatic carbocycles. The first-order valence-electron chi connectivity index (χ1n) is 4.49. The van der Waals surface area contributed by atoms with E-state index in [1.165, 1.54) is 32.4 Å². The van der Waals surface area contributed by atoms with Gasteiger partial charge in [-0.3, -0.25) is 0 Å². The molecule has 1 fully saturated rings. The maximum absolute atomic E-state index is 3.49. The van der Waals surface area contributed by atoms with Gasteiger partial charge in [-0.25, -0.2) is 0 Å². The van der Waals surface area contributed by atoms with Crippen LogP contribution in [-0.2, 0) is 0 Å². The first-order chi connectivity index (χ1) is 4.79. The fraction of sp³-hybridized carbons (Fsp3) is 1.00. The van der Waals surface area contributed by atoms with Crippen LogP contribution in [0.15, 0.2) is 0 Å². The Labute approximate surface area is 64.2 Å². The molecule has 0 aromatic rings. The van der Waals surface area contributed by atoms with E-state index in [2.05, 4.69) is 19.2 Å². The van der Waals surface area contributed by atoms with E-state index in [1.807, 2.05) is 0 Å². The highest BCUT2D eigenvalue weighted by atomic mass is 14.9. The largest absolute Gasteiger partial charge is 0.316 e. The van der Waals surface area contributed by atoms with Crippen molar-refractivity contribution < 1.29 is 0 Å². The van der Waals surface area contributed by atoms with Crippen LogP contribution in [0.3, 0.4) is 0 Å². The minimum atomic E-state index is 0.806. The molecule has 0 atom stereocenters. The molecular weight excluding hydrogens is 122 g/mol. The molecule has 1 N–H and O–H groups in total. The highest BCUT2D eigenvalue weighted by Gasteiger charge is 2.16. The summed E-state index contributed by atoms with van der Waals surface area (Å²) in [6.45, 7) is 6.97. The van der Waals surface area contributed by atoms with Gasteiger partial charge in [-0.15, -0.1) is 0 Å². The minimum absolute atomic E-state index is 0.806. The second-order valence-electron chi connectivity index (χ2n) is 3.85. The Balaban J connectivity index is 1.85. The fourth-order valence-corrected chi connectivity index (χ4v) is 1.27. The summed E-state index contributed by atoms with van der Waals surface area (Å²) in [5, 5.41) is 3.49. The molecule has 1 heteroatoms. The summed E-state index contributed by atoms with van der Waals surface area (Å²) in [6, 6.07) is 0. The number of nitrogens with one attached hydrogen (secondary N) is 1. The third kappa shape index (κ3) is 2.70. The van der Waals surface area contributed by atoms with Gasteiger partial charge in [-0.2, -0.15) is 0 Å². The van der Waals surface area contributed by atoms with Crippen LogP contribution in [0.25, 0.3) is 0 Å². The summed E-state index contributed by atoms with van der Waals surface area (Å²) >= 11 is 0. The van der Waals surface area contributed by atoms with Crippen LogP contribution in [0.2, 0.25) is 0 Å². The van der Waals surface area contributed by atoms with Crippen LogP contribution in [0, 0.1) is 11.8 Å². The monoisotopic (exact) mass is 141 g/mol. The van der Waals surface area contributed by atoms with E-state index in [1.54, 1.807) is 0 Å². The van der Waals surface area contributed by atoms with Crippen molar-refractivity contribution in [2.75, 3.05) is 13.1 Å². The molecular formula is C9H19N. The van der Waals surface area contributed by atoms with Gasteiger partial charge in [0.05, 0.1) is 0 Å². The molecule has 0 amide bonds. The molecule has 0 aromatic carbocycles. The van der Waals surface area contributed by atoms with Crippen LogP contribution in [0.4, 0.5) is 0 Å². The average Bonchev–Trinajstić information content (AvgIpc) is 1.75. The summed E-state index contributed by atoms with van der Waals surface area (Å²) in [5.41, 5.74) is 0. The quantitative estimate of drug-likeness (QED) is 0.631. The van der Waals surface area contributed by atoms with Crippen LogP contribution in [-0.4, -0.2) is 13.1 Å². The van der Waals surface area contributed by atoms with Gasteiger partial charge < -0.3 is 5.32 Å². The predicted octanol–water partition coefficient (Wildman–Crippen LogP) is 2.03. The molecule has 0 saturated heterocycles. The Morgan fingerprint density at radius 1 is 1.40 bits per heavy atom. The van der Waals surface area contributed by atoms with Crippen molar-refractivity contribution in [1.82, 2.24) is 5.32 Å². The van der Waals surface area contributed by atoms with Gasteiger partial charge in [0.2, 0.25) is 0 Å². The van der Waals surface area contributed by atoms with Crippen LogP contribution in [0.1, 0.15) is 33.1 Å². The van der Waals surface area contributed by atoms with Gasteiger partial charge in [-0.1, -0.05) is 20.3 Å². The van der Waals surface area contributed by atoms with Gasteiger partial charge in [0.15, 0.2) is 0 Å². The molecule has 1 nitrogen and oxygen atoms in total. The van der Waals surface area contributed by atoms with E-state index in [-0.39, 0.29) is 0 Å². The average molecular weight is 141 g/mol. The zero-order chi connectivity index (χ0) is 7.40. The Hall–Kier alpha value is -0.0400. The second kappa shape index (κ2) is 3.97. The van der Waals surface area contributed by atoms with Crippen molar-refractivity contribution in [1.29, 1.82) is 0 Å². The third-order valence-corrected chi connectivity index (χ3v) is 2.21. The number of hydrogen-bond donors (Lipinski definition) is 1. The van der Waals surface area contributed by atoms with Gasteiger partial charge >= 0.3 is 0 Å². The smallest absolute Gasteiger partial charge is 0.00204 e. The van der Waals surface area contributed by atoms with E-state index in [9.17, 15) is 0 Å². The molecule has 10 heavy (non-hydrogen) atoms. The molecule has 0 radical (unpaired) electrons. The zero-order valence-electron chi connectivity index (χ0n) is 7.19. The van der Waals surface area contributed by atoms with Crippen molar-refractivity contribution in [2.45, 2.75) is 33.1 Å². The van der Waals surface area contributed by atoms with Crippen LogP contribution >= 0.6 is 0 Å². The van der Waals surface area contributed by atoms with Gasteiger partial charge in [0.1, 0.15) is 0 Å². The number of hydrogen-bond acceptors (Lipinski definition) is 1. The zero-order valence-corrected chi connectivity index (χ0v) is 7.19. The molecule has 1 saturated carbocycles. The molecule has 1 rings (SSSR count). The van der Waals surface area contributed by atoms with Crippen molar-refractivity contribution in [3.05, 3.63) is 0 Å². The highest BCUT2D eigenvalue weighted by Crippen LogP contribution is 2.24. The first kappa shape index (κ1) is 8.06. The number of rotatable bonds is 4. The Kier molecular flexibility index (Phi) is 3.20. The molecule has 0 spiro atoms. The Bertz CT molecular complexity index is 84.7. The van der Waals surface area contributed by atoms with Gasteiger partial charge in [0.25, 0.3) is 0 Å². The maximum atomic E-state index is 3.49. The predicted molar refractivity (Wildman–Crippen MR) is 45.0 cm³/mol. The Morgan fingerprint density at radius 2 is 2.10 bits per heavy atom. The first-order valence-corrected chi connectivity index (χ1v) is 4.49. The van der Waals surface area contributed by atoms with Crippen molar-refractivity contribution in [3.8, 4) is 0 Å². The molecule has 0 heterocycles. The Morgan fingerprint density at radius 3 is 2.50 bits per heavy atom. The topological polar surface area (TPSA) is 12.0 Å². The lowest BCUT2D eigenvalue weighted by Gasteiger charge is -2.25. The lowest BCUT2D eigenvalue weighted by atomic mass is 9.85. The van der Waals surface area contributed by atoms with E-state index in [4.69, 9.17) is 0 Å². The summed E-state index contributed by atoms with van der Waals surface area (Å²) < 4.78 is 0. The maximum Gasteiger partial charge on any atom is -0.00204 e. The van der Waals surface area contributed by atoms with Crippen molar-refractivity contribution >= 4 is 0 Å². The van der Waals surface area contributed by atoms with Crippen molar-refractivity contribution in [2.24, 2.45) is 11.8 Å². The molecule has 0 unspecified atom stereocenters. The van der Waals surface area contributed by atoms with Gasteiger partial charge in [-0.05, 0) is 37.8 Å². The third-order valence-electron chi connectivity index (χ3n) is 2.21. The lowest BCUT2D eigenvalue weighted by molar-refractivity contribution is 0.297. The summed E-state index contributed by atoms with van der Waals surface area (Å²) in [5.74, 6) is 1.82. The van der Waals surface area contributed by atoms with Crippen LogP contribution < -0.4 is 5.32 Å². The molecule has 60 valence electrons. The summed E-state index contributed by atoms with van der Waals surface area (Å²) in [7, 11) is 0. The van der Waals surface area contributed by atoms with E-state index in [0.717, 1.165) is 11.8 Å². The molecule has 1 aliphatic rings. The van der Waals surface area contributed by atoms with Crippen molar-refractivity contribution in [3.63, 3.8) is 0 Å². The van der Waals surface area contributed by atoms with Gasteiger partial charge in [0, 0.05) is 0 Å². The lowest BCUT2D eigenvalue weighted by Crippen LogP contribution is -2.29. The van der Waals surface area contributed by atoms with E-state index >= 15 is 0 Å². The standard InChI is InChI=1S/C9H19N/c1-8(2)6-10-7-9-4-3-5-9/h8-10H,3-7H2,1-2H3. The SMILES string of the molecule is CC(C)CNCC1CCC1. The summed E-state index contributed by atoms with van der Waals surface area (Å²) in [4.78, 5) is 0. The highest BCUT2D eigenvalue weighted by molar-refractivity contribution is 4.71.